The Hall–Kier alpha value is -1.79. The smallest absolute Gasteiger partial charge is 0.177 e. The second kappa shape index (κ2) is 6.76. The molecule has 1 saturated heterocycles. The molecule has 0 unspecified atom stereocenters. The van der Waals surface area contributed by atoms with Gasteiger partial charge in [0.25, 0.3) is 0 Å². The summed E-state index contributed by atoms with van der Waals surface area (Å²) < 4.78 is 24.0. The molecular formula is C17H21N3O2S. The first-order valence-electron chi connectivity index (χ1n) is 7.81. The average Bonchev–Trinajstić information content (AvgIpc) is 2.55. The Morgan fingerprint density at radius 2 is 2.00 bits per heavy atom. The summed E-state index contributed by atoms with van der Waals surface area (Å²) in [5.41, 5.74) is 1.75. The van der Waals surface area contributed by atoms with Crippen molar-refractivity contribution in [3.8, 4) is 0 Å². The Balaban J connectivity index is 1.79. The molecule has 23 heavy (non-hydrogen) atoms. The van der Waals surface area contributed by atoms with Gasteiger partial charge in [0.2, 0.25) is 0 Å². The number of nitrogens with zero attached hydrogens (tertiary/aromatic N) is 3. The lowest BCUT2D eigenvalue weighted by Gasteiger charge is -2.32. The van der Waals surface area contributed by atoms with Gasteiger partial charge in [0, 0.05) is 37.7 Å². The van der Waals surface area contributed by atoms with Gasteiger partial charge in [0.15, 0.2) is 9.84 Å². The van der Waals surface area contributed by atoms with Crippen molar-refractivity contribution in [2.45, 2.75) is 30.2 Å². The van der Waals surface area contributed by atoms with Gasteiger partial charge in [-0.2, -0.15) is 0 Å². The van der Waals surface area contributed by atoms with Gasteiger partial charge in [-0.3, -0.25) is 14.9 Å². The molecule has 1 aliphatic heterocycles. The number of pyridine rings is 2. The molecule has 0 N–H and O–H groups in total. The SMILES string of the molecule is CS(=O)(=O)c1cccnc1[C@@H]1CCCN(Cc2ccccn2)C1. The summed E-state index contributed by atoms with van der Waals surface area (Å²) in [5, 5.41) is 0. The van der Waals surface area contributed by atoms with Crippen molar-refractivity contribution in [3.63, 3.8) is 0 Å². The maximum atomic E-state index is 12.0. The quantitative estimate of drug-likeness (QED) is 0.860. The van der Waals surface area contributed by atoms with Crippen molar-refractivity contribution >= 4 is 9.84 Å². The number of aromatic nitrogens is 2. The highest BCUT2D eigenvalue weighted by Gasteiger charge is 2.27. The van der Waals surface area contributed by atoms with Crippen LogP contribution < -0.4 is 0 Å². The number of sulfone groups is 1. The molecule has 2 aromatic heterocycles. The molecule has 0 aliphatic carbocycles. The van der Waals surface area contributed by atoms with Crippen LogP contribution in [0.15, 0.2) is 47.6 Å². The Bertz CT molecular complexity index is 762. The molecule has 0 saturated carbocycles. The molecule has 2 aromatic rings. The van der Waals surface area contributed by atoms with E-state index in [0.29, 0.717) is 10.6 Å². The van der Waals surface area contributed by atoms with Crippen LogP contribution >= 0.6 is 0 Å². The number of hydrogen-bond donors (Lipinski definition) is 0. The predicted octanol–water partition coefficient (Wildman–Crippen LogP) is 2.26. The van der Waals surface area contributed by atoms with E-state index in [9.17, 15) is 8.42 Å². The summed E-state index contributed by atoms with van der Waals surface area (Å²) in [6.45, 7) is 2.61. The third-order valence-electron chi connectivity index (χ3n) is 4.20. The number of hydrogen-bond acceptors (Lipinski definition) is 5. The highest BCUT2D eigenvalue weighted by atomic mass is 32.2. The number of rotatable bonds is 4. The highest BCUT2D eigenvalue weighted by molar-refractivity contribution is 7.90. The van der Waals surface area contributed by atoms with Crippen LogP contribution in [0, 0.1) is 0 Å². The molecular weight excluding hydrogens is 310 g/mol. The molecule has 3 heterocycles. The molecule has 1 aliphatic rings. The van der Waals surface area contributed by atoms with E-state index >= 15 is 0 Å². The van der Waals surface area contributed by atoms with Gasteiger partial charge in [-0.15, -0.1) is 0 Å². The van der Waals surface area contributed by atoms with Gasteiger partial charge >= 0.3 is 0 Å². The second-order valence-electron chi connectivity index (χ2n) is 6.05. The van der Waals surface area contributed by atoms with Gasteiger partial charge in [0.1, 0.15) is 0 Å². The molecule has 0 spiro atoms. The largest absolute Gasteiger partial charge is 0.297 e. The Labute approximate surface area is 137 Å². The lowest BCUT2D eigenvalue weighted by molar-refractivity contribution is 0.195. The van der Waals surface area contributed by atoms with Crippen LogP contribution in [0.3, 0.4) is 0 Å². The van der Waals surface area contributed by atoms with Crippen molar-refractivity contribution in [3.05, 3.63) is 54.1 Å². The Morgan fingerprint density at radius 3 is 2.74 bits per heavy atom. The van der Waals surface area contributed by atoms with E-state index in [2.05, 4.69) is 14.9 Å². The van der Waals surface area contributed by atoms with Crippen molar-refractivity contribution in [2.24, 2.45) is 0 Å². The number of likely N-dealkylation sites (tertiary alicyclic amines) is 1. The van der Waals surface area contributed by atoms with Crippen molar-refractivity contribution in [2.75, 3.05) is 19.3 Å². The lowest BCUT2D eigenvalue weighted by atomic mass is 9.94. The third-order valence-corrected chi connectivity index (χ3v) is 5.35. The van der Waals surface area contributed by atoms with E-state index in [0.717, 1.165) is 38.2 Å². The first-order valence-corrected chi connectivity index (χ1v) is 9.70. The van der Waals surface area contributed by atoms with Gasteiger partial charge in [-0.05, 0) is 43.7 Å². The van der Waals surface area contributed by atoms with E-state index in [1.165, 1.54) is 6.26 Å². The van der Waals surface area contributed by atoms with E-state index in [4.69, 9.17) is 0 Å². The molecule has 0 aromatic carbocycles. The number of piperidine rings is 1. The fourth-order valence-electron chi connectivity index (χ4n) is 3.17. The molecule has 0 radical (unpaired) electrons. The zero-order valence-corrected chi connectivity index (χ0v) is 14.0. The molecule has 5 nitrogen and oxygen atoms in total. The first-order chi connectivity index (χ1) is 11.0. The van der Waals surface area contributed by atoms with Crippen LogP contribution in [0.2, 0.25) is 0 Å². The summed E-state index contributed by atoms with van der Waals surface area (Å²) in [5.74, 6) is 0.151. The van der Waals surface area contributed by atoms with E-state index in [-0.39, 0.29) is 5.92 Å². The fraction of sp³-hybridized carbons (Fsp3) is 0.412. The first kappa shape index (κ1) is 16.1. The predicted molar refractivity (Wildman–Crippen MR) is 88.8 cm³/mol. The molecule has 0 amide bonds. The lowest BCUT2D eigenvalue weighted by Crippen LogP contribution is -2.34. The molecule has 1 fully saturated rings. The van der Waals surface area contributed by atoms with Crippen LogP contribution in [0.1, 0.15) is 30.1 Å². The summed E-state index contributed by atoms with van der Waals surface area (Å²) in [4.78, 5) is 11.5. The van der Waals surface area contributed by atoms with Crippen LogP contribution in [0.4, 0.5) is 0 Å². The van der Waals surface area contributed by atoms with E-state index in [1.807, 2.05) is 18.2 Å². The minimum atomic E-state index is -3.25. The standard InChI is InChI=1S/C17H21N3O2S/c1-23(21,22)16-8-4-10-19-17(16)14-6-5-11-20(12-14)13-15-7-2-3-9-18-15/h2-4,7-10,14H,5-6,11-13H2,1H3/t14-/m1/s1. The third kappa shape index (κ3) is 3.95. The van der Waals surface area contributed by atoms with Crippen LogP contribution in [-0.2, 0) is 16.4 Å². The minimum absolute atomic E-state index is 0.151. The van der Waals surface area contributed by atoms with Gasteiger partial charge in [-0.1, -0.05) is 6.07 Å². The molecule has 0 bridgehead atoms. The summed E-state index contributed by atoms with van der Waals surface area (Å²) >= 11 is 0. The van der Waals surface area contributed by atoms with Gasteiger partial charge in [-0.25, -0.2) is 8.42 Å². The fourth-order valence-corrected chi connectivity index (χ4v) is 4.09. The Kier molecular flexibility index (Phi) is 4.73. The van der Waals surface area contributed by atoms with E-state index in [1.54, 1.807) is 24.5 Å². The molecule has 3 rings (SSSR count). The minimum Gasteiger partial charge on any atom is -0.297 e. The average molecular weight is 331 g/mol. The summed E-state index contributed by atoms with van der Waals surface area (Å²) in [6.07, 6.45) is 6.75. The van der Waals surface area contributed by atoms with Crippen molar-refractivity contribution < 1.29 is 8.42 Å². The maximum absolute atomic E-state index is 12.0. The summed E-state index contributed by atoms with van der Waals surface area (Å²) in [7, 11) is -3.25. The summed E-state index contributed by atoms with van der Waals surface area (Å²) in [6, 6.07) is 9.27. The molecule has 1 atom stereocenters. The molecule has 6 heteroatoms. The molecule has 122 valence electrons. The van der Waals surface area contributed by atoms with Crippen molar-refractivity contribution in [1.29, 1.82) is 0 Å². The van der Waals surface area contributed by atoms with Crippen LogP contribution in [0.25, 0.3) is 0 Å². The van der Waals surface area contributed by atoms with Crippen molar-refractivity contribution in [1.82, 2.24) is 14.9 Å². The van der Waals surface area contributed by atoms with Crippen LogP contribution in [0.5, 0.6) is 0 Å². The normalized spacial score (nSPS) is 19.6. The zero-order chi connectivity index (χ0) is 16.3. The van der Waals surface area contributed by atoms with Gasteiger partial charge < -0.3 is 0 Å². The van der Waals surface area contributed by atoms with Gasteiger partial charge in [0.05, 0.1) is 16.3 Å². The Morgan fingerprint density at radius 1 is 1.17 bits per heavy atom. The maximum Gasteiger partial charge on any atom is 0.177 e. The van der Waals surface area contributed by atoms with Crippen LogP contribution in [-0.4, -0.2) is 42.6 Å². The van der Waals surface area contributed by atoms with E-state index < -0.39 is 9.84 Å². The second-order valence-corrected chi connectivity index (χ2v) is 8.04. The highest BCUT2D eigenvalue weighted by Crippen LogP contribution is 2.30. The zero-order valence-electron chi connectivity index (χ0n) is 13.2. The monoisotopic (exact) mass is 331 g/mol. The topological polar surface area (TPSA) is 63.2 Å².